The SMILES string of the molecule is CCc1ccc([C@H](NC(=O)COc2ccc(Cl)c(C)c2)c2cccs2)cc1. The molecule has 0 radical (unpaired) electrons. The second-order valence-corrected chi connectivity index (χ2v) is 7.70. The number of rotatable bonds is 7. The first-order valence-corrected chi connectivity index (χ1v) is 10.1. The number of halogens is 1. The third-order valence-electron chi connectivity index (χ3n) is 4.35. The summed E-state index contributed by atoms with van der Waals surface area (Å²) in [5.74, 6) is 0.465. The van der Waals surface area contributed by atoms with Crippen molar-refractivity contribution in [3.63, 3.8) is 0 Å². The Kier molecular flexibility index (Phi) is 6.54. The Hall–Kier alpha value is -2.30. The summed E-state index contributed by atoms with van der Waals surface area (Å²) in [5, 5.41) is 5.79. The van der Waals surface area contributed by atoms with Gasteiger partial charge in [0.15, 0.2) is 6.61 Å². The molecule has 140 valence electrons. The van der Waals surface area contributed by atoms with Crippen LogP contribution in [0.3, 0.4) is 0 Å². The van der Waals surface area contributed by atoms with Gasteiger partial charge in [0.2, 0.25) is 0 Å². The quantitative estimate of drug-likeness (QED) is 0.565. The van der Waals surface area contributed by atoms with Crippen molar-refractivity contribution in [2.24, 2.45) is 0 Å². The zero-order valence-corrected chi connectivity index (χ0v) is 16.9. The third kappa shape index (κ3) is 5.12. The second kappa shape index (κ2) is 9.07. The highest BCUT2D eigenvalue weighted by Crippen LogP contribution is 2.26. The number of hydrogen-bond donors (Lipinski definition) is 1. The van der Waals surface area contributed by atoms with Crippen LogP contribution in [0.15, 0.2) is 60.0 Å². The Labute approximate surface area is 169 Å². The summed E-state index contributed by atoms with van der Waals surface area (Å²) in [6.45, 7) is 3.99. The van der Waals surface area contributed by atoms with Gasteiger partial charge < -0.3 is 10.1 Å². The van der Waals surface area contributed by atoms with E-state index in [0.717, 1.165) is 22.4 Å². The summed E-state index contributed by atoms with van der Waals surface area (Å²) in [4.78, 5) is 13.6. The van der Waals surface area contributed by atoms with Crippen LogP contribution >= 0.6 is 22.9 Å². The molecule has 0 aliphatic carbocycles. The molecule has 5 heteroatoms. The van der Waals surface area contributed by atoms with Gasteiger partial charge in [0.05, 0.1) is 6.04 Å². The first-order chi connectivity index (χ1) is 13.1. The standard InChI is InChI=1S/C22H22ClNO2S/c1-3-16-6-8-17(9-7-16)22(20-5-4-12-27-20)24-21(25)14-26-18-10-11-19(23)15(2)13-18/h4-13,22H,3,14H2,1-2H3,(H,24,25)/t22-/m0/s1. The maximum absolute atomic E-state index is 12.5. The van der Waals surface area contributed by atoms with E-state index in [4.69, 9.17) is 16.3 Å². The molecule has 0 saturated heterocycles. The van der Waals surface area contributed by atoms with Crippen LogP contribution in [0.25, 0.3) is 0 Å². The highest BCUT2D eigenvalue weighted by atomic mass is 35.5. The summed E-state index contributed by atoms with van der Waals surface area (Å²) >= 11 is 7.65. The molecule has 0 spiro atoms. The molecule has 0 unspecified atom stereocenters. The van der Waals surface area contributed by atoms with Crippen molar-refractivity contribution in [3.8, 4) is 5.75 Å². The molecule has 1 aromatic heterocycles. The molecule has 0 aliphatic heterocycles. The number of aryl methyl sites for hydroxylation is 2. The van der Waals surface area contributed by atoms with Crippen molar-refractivity contribution in [2.45, 2.75) is 26.3 Å². The maximum atomic E-state index is 12.5. The number of carbonyl (C=O) groups is 1. The van der Waals surface area contributed by atoms with Gasteiger partial charge in [-0.25, -0.2) is 0 Å². The van der Waals surface area contributed by atoms with Crippen LogP contribution in [0, 0.1) is 6.92 Å². The maximum Gasteiger partial charge on any atom is 0.258 e. The van der Waals surface area contributed by atoms with Crippen molar-refractivity contribution in [1.29, 1.82) is 0 Å². The number of nitrogens with one attached hydrogen (secondary N) is 1. The number of hydrogen-bond acceptors (Lipinski definition) is 3. The smallest absolute Gasteiger partial charge is 0.258 e. The van der Waals surface area contributed by atoms with Gasteiger partial charge >= 0.3 is 0 Å². The van der Waals surface area contributed by atoms with Crippen LogP contribution in [0.4, 0.5) is 0 Å². The minimum atomic E-state index is -0.182. The minimum absolute atomic E-state index is 0.0456. The lowest BCUT2D eigenvalue weighted by molar-refractivity contribution is -0.123. The van der Waals surface area contributed by atoms with Gasteiger partial charge in [-0.1, -0.05) is 48.9 Å². The Morgan fingerprint density at radius 1 is 1.19 bits per heavy atom. The Morgan fingerprint density at radius 2 is 1.96 bits per heavy atom. The molecular formula is C22H22ClNO2S. The summed E-state index contributed by atoms with van der Waals surface area (Å²) < 4.78 is 5.63. The van der Waals surface area contributed by atoms with E-state index in [1.807, 2.05) is 30.5 Å². The molecular weight excluding hydrogens is 378 g/mol. The zero-order chi connectivity index (χ0) is 19.2. The lowest BCUT2D eigenvalue weighted by Gasteiger charge is -2.19. The van der Waals surface area contributed by atoms with Gasteiger partial charge in [-0.3, -0.25) is 4.79 Å². The topological polar surface area (TPSA) is 38.3 Å². The lowest BCUT2D eigenvalue weighted by Crippen LogP contribution is -2.32. The molecule has 0 fully saturated rings. The molecule has 1 heterocycles. The zero-order valence-electron chi connectivity index (χ0n) is 15.4. The molecule has 1 atom stereocenters. The van der Waals surface area contributed by atoms with Gasteiger partial charge in [-0.2, -0.15) is 0 Å². The van der Waals surface area contributed by atoms with E-state index in [-0.39, 0.29) is 18.6 Å². The molecule has 27 heavy (non-hydrogen) atoms. The summed E-state index contributed by atoms with van der Waals surface area (Å²) in [6, 6.07) is 17.6. The van der Waals surface area contributed by atoms with Crippen LogP contribution in [0.2, 0.25) is 5.02 Å². The molecule has 3 nitrogen and oxygen atoms in total. The largest absolute Gasteiger partial charge is 0.484 e. The fraction of sp³-hybridized carbons (Fsp3) is 0.227. The van der Waals surface area contributed by atoms with Crippen LogP contribution in [-0.2, 0) is 11.2 Å². The van der Waals surface area contributed by atoms with Crippen molar-refractivity contribution in [1.82, 2.24) is 5.32 Å². The van der Waals surface area contributed by atoms with Crippen LogP contribution in [-0.4, -0.2) is 12.5 Å². The molecule has 1 N–H and O–H groups in total. The second-order valence-electron chi connectivity index (χ2n) is 6.31. The molecule has 0 aliphatic rings. The minimum Gasteiger partial charge on any atom is -0.484 e. The third-order valence-corrected chi connectivity index (χ3v) is 5.71. The first kappa shape index (κ1) is 19.5. The Bertz CT molecular complexity index is 891. The monoisotopic (exact) mass is 399 g/mol. The Morgan fingerprint density at radius 3 is 2.59 bits per heavy atom. The summed E-state index contributed by atoms with van der Waals surface area (Å²) in [6.07, 6.45) is 0.991. The highest BCUT2D eigenvalue weighted by Gasteiger charge is 2.18. The van der Waals surface area contributed by atoms with Gasteiger partial charge in [-0.15, -0.1) is 11.3 Å². The summed E-state index contributed by atoms with van der Waals surface area (Å²) in [7, 11) is 0. The van der Waals surface area contributed by atoms with Gasteiger partial charge in [-0.05, 0) is 59.7 Å². The van der Waals surface area contributed by atoms with Crippen molar-refractivity contribution >= 4 is 28.8 Å². The van der Waals surface area contributed by atoms with E-state index >= 15 is 0 Å². The molecule has 0 saturated carbocycles. The normalized spacial score (nSPS) is 11.8. The van der Waals surface area contributed by atoms with Crippen molar-refractivity contribution in [2.75, 3.05) is 6.61 Å². The van der Waals surface area contributed by atoms with Crippen LogP contribution in [0.5, 0.6) is 5.75 Å². The Balaban J connectivity index is 1.69. The van der Waals surface area contributed by atoms with E-state index in [1.165, 1.54) is 5.56 Å². The van der Waals surface area contributed by atoms with E-state index < -0.39 is 0 Å². The first-order valence-electron chi connectivity index (χ1n) is 8.87. The number of thiophene rings is 1. The fourth-order valence-corrected chi connectivity index (χ4v) is 3.70. The average Bonchev–Trinajstić information content (AvgIpc) is 3.21. The molecule has 3 aromatic rings. The van der Waals surface area contributed by atoms with E-state index in [0.29, 0.717) is 10.8 Å². The van der Waals surface area contributed by atoms with Crippen LogP contribution in [0.1, 0.15) is 34.5 Å². The number of amides is 1. The molecule has 1 amide bonds. The predicted octanol–water partition coefficient (Wildman–Crippen LogP) is 5.56. The van der Waals surface area contributed by atoms with Gasteiger partial charge in [0, 0.05) is 9.90 Å². The number of carbonyl (C=O) groups excluding carboxylic acids is 1. The van der Waals surface area contributed by atoms with Gasteiger partial charge in [0.25, 0.3) is 5.91 Å². The molecule has 0 bridgehead atoms. The lowest BCUT2D eigenvalue weighted by atomic mass is 10.0. The van der Waals surface area contributed by atoms with Crippen molar-refractivity contribution < 1.29 is 9.53 Å². The van der Waals surface area contributed by atoms with E-state index in [9.17, 15) is 4.79 Å². The van der Waals surface area contributed by atoms with Crippen LogP contribution < -0.4 is 10.1 Å². The number of ether oxygens (including phenoxy) is 1. The van der Waals surface area contributed by atoms with E-state index in [2.05, 4.69) is 36.5 Å². The highest BCUT2D eigenvalue weighted by molar-refractivity contribution is 7.10. The van der Waals surface area contributed by atoms with Gasteiger partial charge in [0.1, 0.15) is 5.75 Å². The van der Waals surface area contributed by atoms with E-state index in [1.54, 1.807) is 23.5 Å². The van der Waals surface area contributed by atoms with Crippen molar-refractivity contribution in [3.05, 3.63) is 86.6 Å². The fourth-order valence-electron chi connectivity index (χ4n) is 2.78. The molecule has 3 rings (SSSR count). The average molecular weight is 400 g/mol. The number of benzene rings is 2. The predicted molar refractivity (Wildman–Crippen MR) is 112 cm³/mol. The summed E-state index contributed by atoms with van der Waals surface area (Å²) in [5.41, 5.74) is 3.25. The molecule has 2 aromatic carbocycles.